The van der Waals surface area contributed by atoms with Gasteiger partial charge in [-0.3, -0.25) is 0 Å². The molecule has 2 nitrogen and oxygen atoms in total. The standard InChI is InChI=1S/C59H40N2/c1-59(2)52-25-13-12-23-50(52)57-43(24-14-26-53(57)59)38-27-29-39(30-28-38)54-36-55(61-58(60-54)40-16-4-3-5-17-40)47-33-34-48(46-22-11-10-21-45(46)47)56-44-20-9-7-18-41(44)35-51-42-19-8-6-15-37(42)31-32-49(51)56/h3-36H,1-2H3. The number of fused-ring (bicyclic) bond motifs is 8. The molecule has 1 heterocycles. The topological polar surface area (TPSA) is 25.8 Å². The Morgan fingerprint density at radius 2 is 0.918 bits per heavy atom. The summed E-state index contributed by atoms with van der Waals surface area (Å²) in [6, 6.07) is 74.9. The van der Waals surface area contributed by atoms with Crippen LogP contribution in [0.5, 0.6) is 0 Å². The fourth-order valence-electron chi connectivity index (χ4n) is 10.1. The maximum absolute atomic E-state index is 5.31. The molecule has 10 aromatic carbocycles. The summed E-state index contributed by atoms with van der Waals surface area (Å²) in [5.41, 5.74) is 15.2. The highest BCUT2D eigenvalue weighted by Crippen LogP contribution is 2.52. The SMILES string of the molecule is CC1(C)c2ccccc2-c2c(-c3ccc(-c4cc(-c5ccc(-c6c7ccccc7cc7c6ccc6ccccc67)c6ccccc56)nc(-c5ccccc5)n4)cc3)cccc21. The third-order valence-corrected chi connectivity index (χ3v) is 13.1. The van der Waals surface area contributed by atoms with Gasteiger partial charge in [0, 0.05) is 22.1 Å². The van der Waals surface area contributed by atoms with Gasteiger partial charge in [0.2, 0.25) is 0 Å². The van der Waals surface area contributed by atoms with Crippen LogP contribution in [0.4, 0.5) is 0 Å². The average molecular weight is 777 g/mol. The average Bonchev–Trinajstić information content (AvgIpc) is 3.56. The molecule has 1 aromatic heterocycles. The van der Waals surface area contributed by atoms with Crippen molar-refractivity contribution in [3.05, 3.63) is 217 Å². The van der Waals surface area contributed by atoms with E-state index in [9.17, 15) is 0 Å². The fourth-order valence-corrected chi connectivity index (χ4v) is 10.1. The van der Waals surface area contributed by atoms with Gasteiger partial charge in [0.1, 0.15) is 0 Å². The van der Waals surface area contributed by atoms with Crippen molar-refractivity contribution in [2.75, 3.05) is 0 Å². The van der Waals surface area contributed by atoms with Crippen molar-refractivity contribution in [3.8, 4) is 67.3 Å². The minimum Gasteiger partial charge on any atom is -0.228 e. The van der Waals surface area contributed by atoms with Crippen LogP contribution in [-0.2, 0) is 5.41 Å². The van der Waals surface area contributed by atoms with Crippen LogP contribution in [0.3, 0.4) is 0 Å². The molecule has 1 aliphatic rings. The summed E-state index contributed by atoms with van der Waals surface area (Å²) in [5, 5.41) is 9.86. The molecule has 12 rings (SSSR count). The Balaban J connectivity index is 1.02. The molecule has 61 heavy (non-hydrogen) atoms. The number of aromatic nitrogens is 2. The third-order valence-electron chi connectivity index (χ3n) is 13.1. The van der Waals surface area contributed by atoms with E-state index >= 15 is 0 Å². The monoisotopic (exact) mass is 776 g/mol. The molecule has 0 radical (unpaired) electrons. The Hall–Kier alpha value is -7.68. The molecular weight excluding hydrogens is 737 g/mol. The molecule has 11 aromatic rings. The molecule has 2 heteroatoms. The summed E-state index contributed by atoms with van der Waals surface area (Å²) in [7, 11) is 0. The Labute approximate surface area is 355 Å². The lowest BCUT2D eigenvalue weighted by Crippen LogP contribution is -2.14. The van der Waals surface area contributed by atoms with Crippen molar-refractivity contribution in [1.29, 1.82) is 0 Å². The number of benzene rings is 10. The van der Waals surface area contributed by atoms with E-state index < -0.39 is 0 Å². The fraction of sp³-hybridized carbons (Fsp3) is 0.0508. The van der Waals surface area contributed by atoms with Gasteiger partial charge in [-0.2, -0.15) is 0 Å². The van der Waals surface area contributed by atoms with E-state index in [0.717, 1.165) is 33.5 Å². The van der Waals surface area contributed by atoms with Crippen molar-refractivity contribution in [3.63, 3.8) is 0 Å². The second-order valence-electron chi connectivity index (χ2n) is 16.9. The predicted octanol–water partition coefficient (Wildman–Crippen LogP) is 15.7. The summed E-state index contributed by atoms with van der Waals surface area (Å²) < 4.78 is 0. The smallest absolute Gasteiger partial charge is 0.160 e. The van der Waals surface area contributed by atoms with E-state index in [0.29, 0.717) is 5.82 Å². The van der Waals surface area contributed by atoms with Crippen LogP contribution in [-0.4, -0.2) is 9.97 Å². The minimum absolute atomic E-state index is 0.0486. The van der Waals surface area contributed by atoms with Gasteiger partial charge in [-0.1, -0.05) is 208 Å². The molecule has 0 unspecified atom stereocenters. The number of hydrogen-bond donors (Lipinski definition) is 0. The molecule has 0 bridgehead atoms. The highest BCUT2D eigenvalue weighted by molar-refractivity contribution is 6.23. The van der Waals surface area contributed by atoms with Crippen molar-refractivity contribution in [2.24, 2.45) is 0 Å². The van der Waals surface area contributed by atoms with Crippen LogP contribution in [0.1, 0.15) is 25.0 Å². The maximum atomic E-state index is 5.31. The van der Waals surface area contributed by atoms with Gasteiger partial charge in [0.15, 0.2) is 5.82 Å². The zero-order valence-electron chi connectivity index (χ0n) is 34.0. The first-order valence-corrected chi connectivity index (χ1v) is 21.2. The molecule has 0 fully saturated rings. The van der Waals surface area contributed by atoms with Gasteiger partial charge in [-0.05, 0) is 99.7 Å². The molecule has 1 aliphatic carbocycles. The van der Waals surface area contributed by atoms with Crippen molar-refractivity contribution >= 4 is 43.1 Å². The Bertz CT molecular complexity index is 3540. The van der Waals surface area contributed by atoms with Gasteiger partial charge in [0.05, 0.1) is 11.4 Å². The van der Waals surface area contributed by atoms with E-state index in [-0.39, 0.29) is 5.41 Å². The molecule has 0 atom stereocenters. The van der Waals surface area contributed by atoms with E-state index in [1.165, 1.54) is 82.2 Å². The predicted molar refractivity (Wildman–Crippen MR) is 257 cm³/mol. The van der Waals surface area contributed by atoms with Gasteiger partial charge in [-0.25, -0.2) is 9.97 Å². The summed E-state index contributed by atoms with van der Waals surface area (Å²) in [6.07, 6.45) is 0. The molecule has 0 saturated heterocycles. The van der Waals surface area contributed by atoms with Crippen molar-refractivity contribution in [1.82, 2.24) is 9.97 Å². The largest absolute Gasteiger partial charge is 0.228 e. The first-order valence-electron chi connectivity index (χ1n) is 21.2. The zero-order valence-corrected chi connectivity index (χ0v) is 34.0. The highest BCUT2D eigenvalue weighted by Gasteiger charge is 2.36. The van der Waals surface area contributed by atoms with Gasteiger partial charge < -0.3 is 0 Å². The molecule has 0 saturated carbocycles. The minimum atomic E-state index is -0.0486. The van der Waals surface area contributed by atoms with Crippen molar-refractivity contribution in [2.45, 2.75) is 19.3 Å². The summed E-state index contributed by atoms with van der Waals surface area (Å²) in [4.78, 5) is 10.5. The molecule has 0 N–H and O–H groups in total. The summed E-state index contributed by atoms with van der Waals surface area (Å²) in [5.74, 6) is 0.706. The summed E-state index contributed by atoms with van der Waals surface area (Å²) >= 11 is 0. The Morgan fingerprint density at radius 1 is 0.311 bits per heavy atom. The molecule has 0 amide bonds. The lowest BCUT2D eigenvalue weighted by atomic mass is 9.82. The maximum Gasteiger partial charge on any atom is 0.160 e. The number of rotatable bonds is 5. The number of nitrogens with zero attached hydrogens (tertiary/aromatic N) is 2. The highest BCUT2D eigenvalue weighted by atomic mass is 14.9. The quantitative estimate of drug-likeness (QED) is 0.128. The van der Waals surface area contributed by atoms with E-state index in [2.05, 4.69) is 214 Å². The first-order chi connectivity index (χ1) is 30.0. The second-order valence-corrected chi connectivity index (χ2v) is 16.9. The molecule has 0 spiro atoms. The Morgan fingerprint density at radius 3 is 1.74 bits per heavy atom. The first kappa shape index (κ1) is 35.3. The Kier molecular flexibility index (Phi) is 7.92. The van der Waals surface area contributed by atoms with Crippen LogP contribution in [0.25, 0.3) is 110 Å². The van der Waals surface area contributed by atoms with E-state index in [1.807, 2.05) is 6.07 Å². The van der Waals surface area contributed by atoms with Gasteiger partial charge in [-0.15, -0.1) is 0 Å². The normalized spacial score (nSPS) is 12.9. The summed E-state index contributed by atoms with van der Waals surface area (Å²) in [6.45, 7) is 4.68. The van der Waals surface area contributed by atoms with Crippen LogP contribution < -0.4 is 0 Å². The second kappa shape index (κ2) is 13.7. The van der Waals surface area contributed by atoms with Crippen molar-refractivity contribution < 1.29 is 0 Å². The van der Waals surface area contributed by atoms with Gasteiger partial charge >= 0.3 is 0 Å². The van der Waals surface area contributed by atoms with E-state index in [1.54, 1.807) is 0 Å². The molecular formula is C59H40N2. The van der Waals surface area contributed by atoms with Gasteiger partial charge in [0.25, 0.3) is 0 Å². The van der Waals surface area contributed by atoms with E-state index in [4.69, 9.17) is 9.97 Å². The zero-order chi connectivity index (χ0) is 40.7. The molecule has 286 valence electrons. The third kappa shape index (κ3) is 5.56. The lowest BCUT2D eigenvalue weighted by molar-refractivity contribution is 0.660. The molecule has 0 aliphatic heterocycles. The van der Waals surface area contributed by atoms with Crippen LogP contribution in [0, 0.1) is 0 Å². The van der Waals surface area contributed by atoms with Crippen LogP contribution >= 0.6 is 0 Å². The van der Waals surface area contributed by atoms with Crippen LogP contribution in [0.2, 0.25) is 0 Å². The number of hydrogen-bond acceptors (Lipinski definition) is 2. The van der Waals surface area contributed by atoms with Crippen LogP contribution in [0.15, 0.2) is 206 Å². The lowest BCUT2D eigenvalue weighted by Gasteiger charge is -2.21.